The maximum atomic E-state index is 13.0. The molecule has 0 aliphatic carbocycles. The van der Waals surface area contributed by atoms with Gasteiger partial charge in [0.2, 0.25) is 0 Å². The van der Waals surface area contributed by atoms with E-state index in [1.54, 1.807) is 0 Å². The Bertz CT molecular complexity index is 354. The van der Waals surface area contributed by atoms with Crippen molar-refractivity contribution >= 4 is 23.3 Å². The summed E-state index contributed by atoms with van der Waals surface area (Å²) in [4.78, 5) is 10.3. The van der Waals surface area contributed by atoms with Gasteiger partial charge in [-0.1, -0.05) is 17.7 Å². The van der Waals surface area contributed by atoms with Crippen LogP contribution in [0.15, 0.2) is 12.1 Å². The minimum Gasteiger partial charge on any atom is -0.481 e. The van der Waals surface area contributed by atoms with Crippen molar-refractivity contribution in [1.82, 2.24) is 0 Å². The summed E-state index contributed by atoms with van der Waals surface area (Å²) < 4.78 is 13.0. The molecule has 0 bridgehead atoms. The number of carboxylic acid groups (broad SMARTS) is 1. The number of benzene rings is 1. The molecule has 0 atom stereocenters. The van der Waals surface area contributed by atoms with Gasteiger partial charge in [0.05, 0.1) is 17.1 Å². The van der Waals surface area contributed by atoms with Crippen molar-refractivity contribution in [2.24, 2.45) is 0 Å². The van der Waals surface area contributed by atoms with Crippen LogP contribution in [0.1, 0.15) is 5.56 Å². The molecule has 5 heteroatoms. The molecule has 0 aromatic heterocycles. The van der Waals surface area contributed by atoms with Crippen LogP contribution in [0.3, 0.4) is 0 Å². The highest BCUT2D eigenvalue weighted by Gasteiger charge is 2.11. The first-order valence-electron chi connectivity index (χ1n) is 3.46. The van der Waals surface area contributed by atoms with Crippen molar-refractivity contribution in [2.75, 3.05) is 5.73 Å². The molecule has 13 heavy (non-hydrogen) atoms. The van der Waals surface area contributed by atoms with Gasteiger partial charge in [-0.2, -0.15) is 0 Å². The fourth-order valence-electron chi connectivity index (χ4n) is 0.923. The van der Waals surface area contributed by atoms with E-state index in [0.29, 0.717) is 0 Å². The number of carboxylic acids is 1. The average Bonchev–Trinajstić information content (AvgIpc) is 2.06. The monoisotopic (exact) mass is 203 g/mol. The Balaban J connectivity index is 3.10. The summed E-state index contributed by atoms with van der Waals surface area (Å²) in [6, 6.07) is 2.68. The van der Waals surface area contributed by atoms with Crippen LogP contribution >= 0.6 is 11.6 Å². The lowest BCUT2D eigenvalue weighted by Crippen LogP contribution is -2.05. The second-order valence-electron chi connectivity index (χ2n) is 2.50. The number of carbonyl (C=O) groups is 1. The van der Waals surface area contributed by atoms with E-state index in [4.69, 9.17) is 22.4 Å². The molecule has 1 aromatic rings. The third-order valence-electron chi connectivity index (χ3n) is 1.56. The lowest BCUT2D eigenvalue weighted by molar-refractivity contribution is -0.136. The van der Waals surface area contributed by atoms with E-state index in [-0.39, 0.29) is 22.7 Å². The fourth-order valence-corrected chi connectivity index (χ4v) is 1.09. The van der Waals surface area contributed by atoms with Crippen LogP contribution in [0.5, 0.6) is 0 Å². The maximum absolute atomic E-state index is 13.0. The Kier molecular flexibility index (Phi) is 2.72. The zero-order valence-electron chi connectivity index (χ0n) is 6.55. The average molecular weight is 204 g/mol. The zero-order chi connectivity index (χ0) is 10.0. The van der Waals surface area contributed by atoms with E-state index < -0.39 is 11.8 Å². The molecule has 0 heterocycles. The summed E-state index contributed by atoms with van der Waals surface area (Å²) in [7, 11) is 0. The Morgan fingerprint density at radius 3 is 2.77 bits per heavy atom. The predicted octanol–water partition coefficient (Wildman–Crippen LogP) is 1.69. The predicted molar refractivity (Wildman–Crippen MR) is 47.2 cm³/mol. The summed E-state index contributed by atoms with van der Waals surface area (Å²) in [5.41, 5.74) is 5.34. The largest absolute Gasteiger partial charge is 0.481 e. The van der Waals surface area contributed by atoms with Crippen LogP contribution in [-0.2, 0) is 11.2 Å². The number of aliphatic carboxylic acids is 1. The molecule has 0 amide bonds. The normalized spacial score (nSPS) is 10.0. The van der Waals surface area contributed by atoms with Crippen LogP contribution in [0.25, 0.3) is 0 Å². The van der Waals surface area contributed by atoms with Crippen molar-refractivity contribution < 1.29 is 14.3 Å². The molecule has 1 rings (SSSR count). The van der Waals surface area contributed by atoms with Crippen molar-refractivity contribution in [3.05, 3.63) is 28.5 Å². The molecule has 0 spiro atoms. The van der Waals surface area contributed by atoms with Gasteiger partial charge in [-0.15, -0.1) is 0 Å². The first-order chi connectivity index (χ1) is 6.02. The van der Waals surface area contributed by atoms with Crippen LogP contribution in [0.2, 0.25) is 5.02 Å². The quantitative estimate of drug-likeness (QED) is 0.719. The summed E-state index contributed by atoms with van der Waals surface area (Å²) >= 11 is 5.42. The van der Waals surface area contributed by atoms with E-state index in [9.17, 15) is 9.18 Å². The number of nitrogen functional groups attached to an aromatic ring is 1. The van der Waals surface area contributed by atoms with Crippen molar-refractivity contribution in [3.63, 3.8) is 0 Å². The lowest BCUT2D eigenvalue weighted by atomic mass is 10.1. The number of rotatable bonds is 2. The maximum Gasteiger partial charge on any atom is 0.307 e. The molecule has 0 radical (unpaired) electrons. The molecule has 3 N–H and O–H groups in total. The number of halogens is 2. The molecule has 0 unspecified atom stereocenters. The van der Waals surface area contributed by atoms with Crippen molar-refractivity contribution in [2.45, 2.75) is 6.42 Å². The molecule has 0 aliphatic rings. The molecule has 3 nitrogen and oxygen atoms in total. The third kappa shape index (κ3) is 2.09. The van der Waals surface area contributed by atoms with Crippen LogP contribution in [0.4, 0.5) is 10.1 Å². The Hall–Kier alpha value is -1.29. The highest BCUT2D eigenvalue weighted by Crippen LogP contribution is 2.24. The molecule has 0 aliphatic heterocycles. The smallest absolute Gasteiger partial charge is 0.307 e. The number of hydrogen-bond acceptors (Lipinski definition) is 2. The zero-order valence-corrected chi connectivity index (χ0v) is 7.31. The molecule has 70 valence electrons. The molecular weight excluding hydrogens is 197 g/mol. The highest BCUT2D eigenvalue weighted by molar-refractivity contribution is 6.31. The molecule has 0 saturated carbocycles. The van der Waals surface area contributed by atoms with Gasteiger partial charge in [0, 0.05) is 0 Å². The number of hydrogen-bond donors (Lipinski definition) is 2. The standard InChI is InChI=1S/C8H7ClFNO2/c9-5-2-1-4(3-6(12)13)8(11)7(5)10/h1-2H,3,11H2,(H,12,13). The third-order valence-corrected chi connectivity index (χ3v) is 1.86. The fraction of sp³-hybridized carbons (Fsp3) is 0.125. The van der Waals surface area contributed by atoms with Gasteiger partial charge >= 0.3 is 5.97 Å². The molecule has 0 fully saturated rings. The van der Waals surface area contributed by atoms with Crippen LogP contribution < -0.4 is 5.73 Å². The second-order valence-corrected chi connectivity index (χ2v) is 2.91. The van der Waals surface area contributed by atoms with Gasteiger partial charge in [-0.05, 0) is 11.6 Å². The number of anilines is 1. The summed E-state index contributed by atoms with van der Waals surface area (Å²) in [5, 5.41) is 8.34. The Morgan fingerprint density at radius 1 is 1.62 bits per heavy atom. The van der Waals surface area contributed by atoms with Crippen LogP contribution in [0, 0.1) is 5.82 Å². The van der Waals surface area contributed by atoms with Crippen LogP contribution in [-0.4, -0.2) is 11.1 Å². The summed E-state index contributed by atoms with van der Waals surface area (Å²) in [6.07, 6.45) is -0.306. The van der Waals surface area contributed by atoms with E-state index in [1.807, 2.05) is 0 Å². The first kappa shape index (κ1) is 9.80. The molecule has 1 aromatic carbocycles. The van der Waals surface area contributed by atoms with Gasteiger partial charge in [0.25, 0.3) is 0 Å². The first-order valence-corrected chi connectivity index (χ1v) is 3.84. The highest BCUT2D eigenvalue weighted by atomic mass is 35.5. The van der Waals surface area contributed by atoms with E-state index in [1.165, 1.54) is 12.1 Å². The molecule has 0 saturated heterocycles. The van der Waals surface area contributed by atoms with Gasteiger partial charge in [0.1, 0.15) is 0 Å². The van der Waals surface area contributed by atoms with Crippen molar-refractivity contribution in [3.8, 4) is 0 Å². The minimum absolute atomic E-state index is 0.105. The van der Waals surface area contributed by atoms with E-state index in [0.717, 1.165) is 0 Å². The van der Waals surface area contributed by atoms with Gasteiger partial charge < -0.3 is 10.8 Å². The van der Waals surface area contributed by atoms with E-state index >= 15 is 0 Å². The second kappa shape index (κ2) is 3.62. The molecular formula is C8H7ClFNO2. The van der Waals surface area contributed by atoms with Gasteiger partial charge in [-0.3, -0.25) is 4.79 Å². The Labute approximate surface area is 78.9 Å². The summed E-state index contributed by atoms with van der Waals surface area (Å²) in [6.45, 7) is 0. The van der Waals surface area contributed by atoms with Crippen molar-refractivity contribution in [1.29, 1.82) is 0 Å². The van der Waals surface area contributed by atoms with E-state index in [2.05, 4.69) is 0 Å². The van der Waals surface area contributed by atoms with Gasteiger partial charge in [0.15, 0.2) is 5.82 Å². The number of nitrogens with two attached hydrogens (primary N) is 1. The topological polar surface area (TPSA) is 63.3 Å². The summed E-state index contributed by atoms with van der Waals surface area (Å²) in [5.74, 6) is -1.83. The lowest BCUT2D eigenvalue weighted by Gasteiger charge is -2.04. The van der Waals surface area contributed by atoms with Gasteiger partial charge in [-0.25, -0.2) is 4.39 Å². The SMILES string of the molecule is Nc1c(CC(=O)O)ccc(Cl)c1F. The minimum atomic E-state index is -1.06. The Morgan fingerprint density at radius 2 is 2.23 bits per heavy atom.